The fourth-order valence-corrected chi connectivity index (χ4v) is 2.39. The second-order valence-corrected chi connectivity index (χ2v) is 4.46. The Hall–Kier alpha value is -2.49. The summed E-state index contributed by atoms with van der Waals surface area (Å²) in [6, 6.07) is 7.51. The number of ether oxygens (including phenoxy) is 3. The van der Waals surface area contributed by atoms with Gasteiger partial charge in [-0.2, -0.15) is 0 Å². The molecule has 0 saturated heterocycles. The first-order valence-electron chi connectivity index (χ1n) is 6.27. The van der Waals surface area contributed by atoms with E-state index in [-0.39, 0.29) is 0 Å². The molecule has 2 aromatic rings. The highest BCUT2D eigenvalue weighted by molar-refractivity contribution is 6.02. The summed E-state index contributed by atoms with van der Waals surface area (Å²) in [6.45, 7) is 0.568. The van der Waals surface area contributed by atoms with Crippen LogP contribution in [0.2, 0.25) is 0 Å². The molecule has 0 radical (unpaired) electrons. The molecule has 1 aliphatic rings. The van der Waals surface area contributed by atoms with Gasteiger partial charge in [0.1, 0.15) is 23.7 Å². The lowest BCUT2D eigenvalue weighted by Crippen LogP contribution is -2.05. The number of hydrogen-bond donors (Lipinski definition) is 0. The molecule has 0 amide bonds. The second-order valence-electron chi connectivity index (χ2n) is 4.46. The Morgan fingerprint density at radius 3 is 2.85 bits per heavy atom. The van der Waals surface area contributed by atoms with Crippen molar-refractivity contribution in [1.29, 1.82) is 0 Å². The zero-order valence-electron chi connectivity index (χ0n) is 11.3. The Kier molecular flexibility index (Phi) is 3.06. The van der Waals surface area contributed by atoms with Gasteiger partial charge in [0.25, 0.3) is 0 Å². The lowest BCUT2D eigenvalue weighted by molar-refractivity contribution is 0.0597. The van der Waals surface area contributed by atoms with Gasteiger partial charge in [0, 0.05) is 5.56 Å². The average molecular weight is 270 g/mol. The zero-order chi connectivity index (χ0) is 14.1. The van der Waals surface area contributed by atoms with Crippen LogP contribution in [0.25, 0.3) is 16.8 Å². The van der Waals surface area contributed by atoms with Crippen LogP contribution in [-0.4, -0.2) is 26.8 Å². The molecule has 1 aliphatic heterocycles. The Morgan fingerprint density at radius 2 is 2.10 bits per heavy atom. The predicted molar refractivity (Wildman–Crippen MR) is 76.4 cm³/mol. The molecule has 1 heterocycles. The molecular weight excluding hydrogens is 256 g/mol. The van der Waals surface area contributed by atoms with Crippen molar-refractivity contribution in [2.45, 2.75) is 0 Å². The Balaban J connectivity index is 2.31. The van der Waals surface area contributed by atoms with E-state index in [1.165, 1.54) is 14.2 Å². The third-order valence-corrected chi connectivity index (χ3v) is 3.37. The Labute approximate surface area is 116 Å². The summed E-state index contributed by atoms with van der Waals surface area (Å²) < 4.78 is 15.7. The molecule has 0 atom stereocenters. The van der Waals surface area contributed by atoms with Crippen LogP contribution >= 0.6 is 0 Å². The normalized spacial score (nSPS) is 12.7. The van der Waals surface area contributed by atoms with E-state index in [9.17, 15) is 4.79 Å². The van der Waals surface area contributed by atoms with Crippen molar-refractivity contribution in [2.75, 3.05) is 20.8 Å². The Morgan fingerprint density at radius 1 is 1.25 bits per heavy atom. The van der Waals surface area contributed by atoms with Crippen molar-refractivity contribution < 1.29 is 19.0 Å². The van der Waals surface area contributed by atoms with Crippen molar-refractivity contribution in [3.63, 3.8) is 0 Å². The highest BCUT2D eigenvalue weighted by atomic mass is 16.5. The maximum absolute atomic E-state index is 11.9. The van der Waals surface area contributed by atoms with E-state index in [0.29, 0.717) is 17.9 Å². The summed E-state index contributed by atoms with van der Waals surface area (Å²) in [6.07, 6.45) is 3.96. The van der Waals surface area contributed by atoms with Crippen molar-refractivity contribution in [2.24, 2.45) is 0 Å². The van der Waals surface area contributed by atoms with Crippen LogP contribution in [-0.2, 0) is 4.74 Å². The molecule has 20 heavy (non-hydrogen) atoms. The lowest BCUT2D eigenvalue weighted by atomic mass is 9.99. The topological polar surface area (TPSA) is 44.8 Å². The number of benzene rings is 2. The summed E-state index contributed by atoms with van der Waals surface area (Å²) in [5.41, 5.74) is 1.39. The molecule has 0 spiro atoms. The minimum absolute atomic E-state index is 0.412. The van der Waals surface area contributed by atoms with Gasteiger partial charge in [0.05, 0.1) is 14.2 Å². The van der Waals surface area contributed by atoms with Crippen molar-refractivity contribution in [3.05, 3.63) is 41.5 Å². The SMILES string of the molecule is COC(=O)c1cc2c3c(ccc2cc1OC)OCC=C3. The van der Waals surface area contributed by atoms with Crippen LogP contribution < -0.4 is 9.47 Å². The van der Waals surface area contributed by atoms with E-state index in [2.05, 4.69) is 0 Å². The standard InChI is InChI=1S/C16H14O4/c1-18-15-8-10-5-6-14-11(4-3-7-20-14)12(10)9-13(15)16(17)19-2/h3-6,8-9H,7H2,1-2H3. The van der Waals surface area contributed by atoms with E-state index in [4.69, 9.17) is 14.2 Å². The fraction of sp³-hybridized carbons (Fsp3) is 0.188. The maximum atomic E-state index is 11.9. The number of hydrogen-bond acceptors (Lipinski definition) is 4. The third-order valence-electron chi connectivity index (χ3n) is 3.37. The minimum Gasteiger partial charge on any atom is -0.496 e. The molecule has 3 rings (SSSR count). The zero-order valence-corrected chi connectivity index (χ0v) is 11.3. The van der Waals surface area contributed by atoms with Crippen molar-refractivity contribution >= 4 is 22.8 Å². The third kappa shape index (κ3) is 1.90. The quantitative estimate of drug-likeness (QED) is 0.787. The van der Waals surface area contributed by atoms with Gasteiger partial charge in [0.2, 0.25) is 0 Å². The van der Waals surface area contributed by atoms with Crippen molar-refractivity contribution in [3.8, 4) is 11.5 Å². The van der Waals surface area contributed by atoms with E-state index in [1.807, 2.05) is 30.4 Å². The first kappa shape index (κ1) is 12.5. The molecule has 0 N–H and O–H groups in total. The van der Waals surface area contributed by atoms with Crippen LogP contribution in [0.1, 0.15) is 15.9 Å². The van der Waals surface area contributed by atoms with Gasteiger partial charge in [0.15, 0.2) is 0 Å². The molecule has 0 aliphatic carbocycles. The van der Waals surface area contributed by atoms with E-state index >= 15 is 0 Å². The summed E-state index contributed by atoms with van der Waals surface area (Å²) in [5.74, 6) is 0.910. The van der Waals surface area contributed by atoms with Gasteiger partial charge in [-0.1, -0.05) is 12.1 Å². The minimum atomic E-state index is -0.415. The molecule has 0 saturated carbocycles. The maximum Gasteiger partial charge on any atom is 0.341 e. The van der Waals surface area contributed by atoms with Crippen molar-refractivity contribution in [1.82, 2.24) is 0 Å². The molecule has 102 valence electrons. The van der Waals surface area contributed by atoms with E-state index in [1.54, 1.807) is 6.07 Å². The van der Waals surface area contributed by atoms with E-state index < -0.39 is 5.97 Å². The molecule has 2 aromatic carbocycles. The molecule has 0 aromatic heterocycles. The molecular formula is C16H14O4. The van der Waals surface area contributed by atoms with Crippen LogP contribution in [0.3, 0.4) is 0 Å². The number of fused-ring (bicyclic) bond motifs is 3. The number of esters is 1. The second kappa shape index (κ2) is 4.89. The summed E-state index contributed by atoms with van der Waals surface area (Å²) in [4.78, 5) is 11.9. The number of methoxy groups -OCH3 is 2. The van der Waals surface area contributed by atoms with Gasteiger partial charge in [-0.25, -0.2) is 4.79 Å². The summed E-state index contributed by atoms with van der Waals surface area (Å²) >= 11 is 0. The van der Waals surface area contributed by atoms with Gasteiger partial charge in [-0.15, -0.1) is 0 Å². The molecule has 0 bridgehead atoms. The van der Waals surface area contributed by atoms with E-state index in [0.717, 1.165) is 22.1 Å². The van der Waals surface area contributed by atoms with Gasteiger partial charge in [-0.3, -0.25) is 0 Å². The number of rotatable bonds is 2. The smallest absolute Gasteiger partial charge is 0.341 e. The first-order valence-corrected chi connectivity index (χ1v) is 6.27. The highest BCUT2D eigenvalue weighted by Gasteiger charge is 2.17. The summed E-state index contributed by atoms with van der Waals surface area (Å²) in [5, 5.41) is 1.93. The van der Waals surface area contributed by atoms with Gasteiger partial charge in [-0.05, 0) is 35.0 Å². The molecule has 0 fully saturated rings. The van der Waals surface area contributed by atoms with Crippen LogP contribution in [0.5, 0.6) is 11.5 Å². The molecule has 4 nitrogen and oxygen atoms in total. The van der Waals surface area contributed by atoms with Gasteiger partial charge >= 0.3 is 5.97 Å². The fourth-order valence-electron chi connectivity index (χ4n) is 2.39. The molecule has 0 unspecified atom stereocenters. The Bertz CT molecular complexity index is 716. The highest BCUT2D eigenvalue weighted by Crippen LogP contribution is 2.35. The lowest BCUT2D eigenvalue weighted by Gasteiger charge is -2.16. The van der Waals surface area contributed by atoms with Crippen LogP contribution in [0, 0.1) is 0 Å². The van der Waals surface area contributed by atoms with Crippen LogP contribution in [0.15, 0.2) is 30.3 Å². The number of carbonyl (C=O) groups is 1. The number of carbonyl (C=O) groups excluding carboxylic acids is 1. The monoisotopic (exact) mass is 270 g/mol. The predicted octanol–water partition coefficient (Wildman–Crippen LogP) is 3.04. The molecule has 4 heteroatoms. The van der Waals surface area contributed by atoms with Crippen LogP contribution in [0.4, 0.5) is 0 Å². The summed E-state index contributed by atoms with van der Waals surface area (Å²) in [7, 11) is 2.89. The van der Waals surface area contributed by atoms with Gasteiger partial charge < -0.3 is 14.2 Å². The largest absolute Gasteiger partial charge is 0.496 e. The average Bonchev–Trinajstić information content (AvgIpc) is 2.52. The first-order chi connectivity index (χ1) is 9.74.